The summed E-state index contributed by atoms with van der Waals surface area (Å²) in [4.78, 5) is 25.4. The van der Waals surface area contributed by atoms with Crippen LogP contribution in [0.1, 0.15) is 22.7 Å². The molecule has 7 nitrogen and oxygen atoms in total. The van der Waals surface area contributed by atoms with E-state index in [2.05, 4.69) is 50.0 Å². The normalized spacial score (nSPS) is 14.8. The Hall–Kier alpha value is -4.17. The highest BCUT2D eigenvalue weighted by atomic mass is 35.5. The minimum Gasteiger partial charge on any atom is -0.364 e. The summed E-state index contributed by atoms with van der Waals surface area (Å²) in [6, 6.07) is 23.8. The Morgan fingerprint density at radius 2 is 1.67 bits per heavy atom. The molecule has 0 aliphatic carbocycles. The molecule has 0 spiro atoms. The molecule has 0 radical (unpaired) electrons. The lowest BCUT2D eigenvalue weighted by Gasteiger charge is -2.40. The molecule has 0 N–H and O–H groups in total. The number of aryl methyl sites for hydroxylation is 1. The summed E-state index contributed by atoms with van der Waals surface area (Å²) in [7, 11) is 1.63. The van der Waals surface area contributed by atoms with E-state index in [0.717, 1.165) is 5.56 Å². The summed E-state index contributed by atoms with van der Waals surface area (Å²) in [5.74, 6) is 0.233. The minimum absolute atomic E-state index is 0.0493. The van der Waals surface area contributed by atoms with Gasteiger partial charge in [0.2, 0.25) is 5.52 Å². The third-order valence-corrected chi connectivity index (χ3v) is 6.98. The van der Waals surface area contributed by atoms with Gasteiger partial charge < -0.3 is 14.3 Å². The van der Waals surface area contributed by atoms with Gasteiger partial charge in [0.15, 0.2) is 0 Å². The molecule has 1 unspecified atom stereocenters. The van der Waals surface area contributed by atoms with Crippen LogP contribution in [-0.4, -0.2) is 40.6 Å². The van der Waals surface area contributed by atoms with Gasteiger partial charge >= 0.3 is 0 Å². The summed E-state index contributed by atoms with van der Waals surface area (Å²) in [5.41, 5.74) is 3.67. The molecule has 4 aromatic rings. The lowest BCUT2D eigenvalue weighted by atomic mass is 9.96. The van der Waals surface area contributed by atoms with Gasteiger partial charge in [-0.15, -0.1) is 4.98 Å². The highest BCUT2D eigenvalue weighted by molar-refractivity contribution is 6.30. The molecule has 2 aromatic heterocycles. The Labute approximate surface area is 214 Å². The lowest BCUT2D eigenvalue weighted by molar-refractivity contribution is 0.212. The van der Waals surface area contributed by atoms with Gasteiger partial charge in [-0.1, -0.05) is 60.6 Å². The van der Waals surface area contributed by atoms with E-state index in [4.69, 9.17) is 18.2 Å². The van der Waals surface area contributed by atoms with Crippen molar-refractivity contribution in [3.63, 3.8) is 0 Å². The Kier molecular flexibility index (Phi) is 6.43. The van der Waals surface area contributed by atoms with Crippen molar-refractivity contribution < 1.29 is 0 Å². The molecule has 5 rings (SSSR count). The summed E-state index contributed by atoms with van der Waals surface area (Å²) in [5, 5.41) is 10.6. The summed E-state index contributed by atoms with van der Waals surface area (Å²) in [6.07, 6.45) is 0. The number of hydrogen-bond donors (Lipinski definition) is 0. The van der Waals surface area contributed by atoms with Gasteiger partial charge in [-0.2, -0.15) is 5.26 Å². The minimum atomic E-state index is -0.358. The van der Waals surface area contributed by atoms with Crippen LogP contribution in [0.5, 0.6) is 0 Å². The van der Waals surface area contributed by atoms with Crippen LogP contribution < -0.4 is 10.5 Å². The number of halogens is 1. The predicted molar refractivity (Wildman–Crippen MR) is 141 cm³/mol. The molecule has 8 heteroatoms. The fourth-order valence-corrected chi connectivity index (χ4v) is 5.08. The number of rotatable bonds is 4. The molecular weight excluding hydrogens is 472 g/mol. The first-order chi connectivity index (χ1) is 17.5. The number of pyridine rings is 2. The van der Waals surface area contributed by atoms with Crippen LogP contribution in [0.25, 0.3) is 15.9 Å². The first-order valence-electron chi connectivity index (χ1n) is 11.6. The van der Waals surface area contributed by atoms with Crippen molar-refractivity contribution in [3.05, 3.63) is 110 Å². The lowest BCUT2D eigenvalue weighted by Crippen LogP contribution is -2.48. The topological polar surface area (TPSA) is 69.5 Å². The van der Waals surface area contributed by atoms with E-state index >= 15 is 0 Å². The molecule has 178 valence electrons. The number of nitrogens with zero attached hydrogens (tertiary/aromatic N) is 6. The fraction of sp³-hybridized carbons (Fsp3) is 0.214. The number of nitriles is 1. The molecule has 1 aliphatic rings. The van der Waals surface area contributed by atoms with Gasteiger partial charge in [0.05, 0.1) is 11.6 Å². The van der Waals surface area contributed by atoms with Crippen LogP contribution in [-0.2, 0) is 7.05 Å². The Morgan fingerprint density at radius 1 is 1.00 bits per heavy atom. The summed E-state index contributed by atoms with van der Waals surface area (Å²) >= 11 is 6.16. The number of anilines is 1. The van der Waals surface area contributed by atoms with Crippen molar-refractivity contribution in [3.8, 4) is 6.07 Å². The first kappa shape index (κ1) is 23.6. The highest BCUT2D eigenvalue weighted by Crippen LogP contribution is 2.33. The van der Waals surface area contributed by atoms with Gasteiger partial charge in [-0.3, -0.25) is 9.69 Å². The van der Waals surface area contributed by atoms with Gasteiger partial charge in [0, 0.05) is 38.2 Å². The van der Waals surface area contributed by atoms with E-state index in [1.807, 2.05) is 30.3 Å². The molecule has 1 aliphatic heterocycles. The number of fused-ring (bicyclic) bond motifs is 1. The van der Waals surface area contributed by atoms with Crippen molar-refractivity contribution in [1.82, 2.24) is 14.5 Å². The maximum Gasteiger partial charge on any atom is 0.271 e. The molecule has 1 atom stereocenters. The van der Waals surface area contributed by atoms with Crippen LogP contribution in [0.2, 0.25) is 5.02 Å². The molecule has 0 bridgehead atoms. The highest BCUT2D eigenvalue weighted by Gasteiger charge is 2.30. The van der Waals surface area contributed by atoms with Crippen molar-refractivity contribution in [2.24, 2.45) is 7.05 Å². The van der Waals surface area contributed by atoms with E-state index in [9.17, 15) is 10.1 Å². The van der Waals surface area contributed by atoms with Gasteiger partial charge in [-0.25, -0.2) is 0 Å². The van der Waals surface area contributed by atoms with E-state index in [0.29, 0.717) is 47.9 Å². The van der Waals surface area contributed by atoms with E-state index in [1.54, 1.807) is 19.2 Å². The average Bonchev–Trinajstić information content (AvgIpc) is 2.92. The fourth-order valence-electron chi connectivity index (χ4n) is 4.95. The predicted octanol–water partition coefficient (Wildman–Crippen LogP) is 4.92. The second kappa shape index (κ2) is 9.83. The van der Waals surface area contributed by atoms with Crippen LogP contribution in [0.3, 0.4) is 0 Å². The van der Waals surface area contributed by atoms with Crippen LogP contribution in [0.4, 0.5) is 11.5 Å². The SMILES string of the molecule is [C-]#[N+]c1ccc2c(n1)c(N1CCN(C(c3ccccc3)c3ccc(Cl)cc3)CC1)c(C#N)c(=O)n2C. The van der Waals surface area contributed by atoms with Gasteiger partial charge in [0.1, 0.15) is 17.3 Å². The maximum absolute atomic E-state index is 13.0. The molecule has 1 saturated heterocycles. The zero-order valence-electron chi connectivity index (χ0n) is 19.7. The summed E-state index contributed by atoms with van der Waals surface area (Å²) < 4.78 is 1.43. The van der Waals surface area contributed by atoms with E-state index in [1.165, 1.54) is 10.1 Å². The zero-order valence-corrected chi connectivity index (χ0v) is 20.5. The van der Waals surface area contributed by atoms with Gasteiger partial charge in [0.25, 0.3) is 11.4 Å². The number of hydrogen-bond acceptors (Lipinski definition) is 5. The molecule has 2 aromatic carbocycles. The number of benzene rings is 2. The van der Waals surface area contributed by atoms with Crippen LogP contribution >= 0.6 is 11.6 Å². The van der Waals surface area contributed by atoms with Crippen molar-refractivity contribution in [1.29, 1.82) is 5.26 Å². The second-order valence-corrected chi connectivity index (χ2v) is 9.17. The smallest absolute Gasteiger partial charge is 0.271 e. The zero-order chi connectivity index (χ0) is 25.2. The van der Waals surface area contributed by atoms with Crippen LogP contribution in [0, 0.1) is 17.9 Å². The standard InChI is InChI=1S/C28H23ClN6O/c1-31-24-13-12-23-25(32-24)27(22(18-30)28(36)33(23)2)35-16-14-34(15-17-35)26(19-6-4-3-5-7-19)20-8-10-21(29)11-9-20/h3-13,26H,14-17H2,2H3. The number of aromatic nitrogens is 2. The number of piperazine rings is 1. The third kappa shape index (κ3) is 4.20. The van der Waals surface area contributed by atoms with E-state index in [-0.39, 0.29) is 23.0 Å². The monoisotopic (exact) mass is 494 g/mol. The second-order valence-electron chi connectivity index (χ2n) is 8.74. The molecule has 0 amide bonds. The first-order valence-corrected chi connectivity index (χ1v) is 12.0. The quantitative estimate of drug-likeness (QED) is 0.377. The van der Waals surface area contributed by atoms with Gasteiger partial charge in [-0.05, 0) is 35.4 Å². The van der Waals surface area contributed by atoms with Crippen molar-refractivity contribution in [2.75, 3.05) is 31.1 Å². The van der Waals surface area contributed by atoms with E-state index < -0.39 is 0 Å². The Bertz CT molecular complexity index is 1560. The molecule has 1 fully saturated rings. The Balaban J connectivity index is 1.52. The molecule has 36 heavy (non-hydrogen) atoms. The molecular formula is C28H23ClN6O. The average molecular weight is 495 g/mol. The summed E-state index contributed by atoms with van der Waals surface area (Å²) in [6.45, 7) is 10.0. The largest absolute Gasteiger partial charge is 0.364 e. The maximum atomic E-state index is 13.0. The van der Waals surface area contributed by atoms with Crippen molar-refractivity contribution >= 4 is 34.1 Å². The Morgan fingerprint density at radius 3 is 2.31 bits per heavy atom. The molecule has 0 saturated carbocycles. The van der Waals surface area contributed by atoms with Crippen molar-refractivity contribution in [2.45, 2.75) is 6.04 Å². The molecule has 3 heterocycles. The van der Waals surface area contributed by atoms with Crippen LogP contribution in [0.15, 0.2) is 71.5 Å². The third-order valence-electron chi connectivity index (χ3n) is 6.72.